The van der Waals surface area contributed by atoms with E-state index in [1.165, 1.54) is 10.4 Å². The Morgan fingerprint density at radius 2 is 1.90 bits per heavy atom. The summed E-state index contributed by atoms with van der Waals surface area (Å²) >= 11 is 0. The Bertz CT molecular complexity index is 819. The van der Waals surface area contributed by atoms with Crippen LogP contribution in [-0.4, -0.2) is 62.2 Å². The lowest BCUT2D eigenvalue weighted by Gasteiger charge is -2.20. The van der Waals surface area contributed by atoms with Gasteiger partial charge < -0.3 is 10.2 Å². The van der Waals surface area contributed by atoms with Crippen LogP contribution in [0.25, 0.3) is 0 Å². The summed E-state index contributed by atoms with van der Waals surface area (Å²) < 4.78 is 26.8. The van der Waals surface area contributed by atoms with E-state index in [0.29, 0.717) is 44.6 Å². The van der Waals surface area contributed by atoms with Crippen molar-refractivity contribution in [3.05, 3.63) is 29.3 Å². The molecule has 1 aliphatic rings. The summed E-state index contributed by atoms with van der Waals surface area (Å²) in [5, 5.41) is 2.86. The highest BCUT2D eigenvalue weighted by atomic mass is 32.2. The second-order valence-electron chi connectivity index (χ2n) is 7.37. The van der Waals surface area contributed by atoms with E-state index >= 15 is 0 Å². The lowest BCUT2D eigenvalue weighted by Crippen LogP contribution is -2.34. The molecule has 1 fully saturated rings. The zero-order chi connectivity index (χ0) is 21.4. The molecule has 0 bridgehead atoms. The second kappa shape index (κ2) is 10.7. The van der Waals surface area contributed by atoms with Crippen LogP contribution in [0.1, 0.15) is 61.9 Å². The molecule has 2 amide bonds. The molecule has 1 aliphatic heterocycles. The van der Waals surface area contributed by atoms with Crippen molar-refractivity contribution in [1.29, 1.82) is 0 Å². The average molecular weight is 424 g/mol. The Labute approximate surface area is 174 Å². The molecule has 1 saturated heterocycles. The van der Waals surface area contributed by atoms with Gasteiger partial charge in [-0.1, -0.05) is 26.3 Å². The van der Waals surface area contributed by atoms with E-state index in [1.807, 2.05) is 4.90 Å². The third-order valence-electron chi connectivity index (χ3n) is 5.36. The highest BCUT2D eigenvalue weighted by molar-refractivity contribution is 7.89. The van der Waals surface area contributed by atoms with Gasteiger partial charge in [0.05, 0.1) is 4.90 Å². The number of hydrogen-bond acceptors (Lipinski definition) is 4. The van der Waals surface area contributed by atoms with E-state index in [4.69, 9.17) is 0 Å². The Balaban J connectivity index is 1.99. The van der Waals surface area contributed by atoms with Gasteiger partial charge in [0, 0.05) is 44.7 Å². The van der Waals surface area contributed by atoms with Gasteiger partial charge in [-0.05, 0) is 43.9 Å². The number of sulfonamides is 1. The van der Waals surface area contributed by atoms with Crippen LogP contribution in [0.5, 0.6) is 0 Å². The summed E-state index contributed by atoms with van der Waals surface area (Å²) in [4.78, 5) is 26.7. The number of likely N-dealkylation sites (tertiary alicyclic amines) is 1. The lowest BCUT2D eigenvalue weighted by atomic mass is 10.1. The molecule has 1 aromatic carbocycles. The number of benzene rings is 1. The SMILES string of the molecule is CCN(CC)S(=O)(=O)c1ccc(C)c(C(=O)NCCCN2CCCCCC2=O)c1. The molecule has 1 aromatic rings. The van der Waals surface area contributed by atoms with Crippen molar-refractivity contribution in [1.82, 2.24) is 14.5 Å². The lowest BCUT2D eigenvalue weighted by molar-refractivity contribution is -0.130. The first-order chi connectivity index (χ1) is 13.8. The number of hydrogen-bond donors (Lipinski definition) is 1. The Morgan fingerprint density at radius 3 is 2.59 bits per heavy atom. The highest BCUT2D eigenvalue weighted by Crippen LogP contribution is 2.19. The quantitative estimate of drug-likeness (QED) is 0.619. The molecule has 2 rings (SSSR count). The van der Waals surface area contributed by atoms with Crippen LogP contribution in [0.15, 0.2) is 23.1 Å². The molecule has 0 saturated carbocycles. The maximum absolute atomic E-state index is 12.7. The van der Waals surface area contributed by atoms with Crippen LogP contribution in [0.2, 0.25) is 0 Å². The van der Waals surface area contributed by atoms with Crippen molar-refractivity contribution in [2.45, 2.75) is 57.8 Å². The fourth-order valence-corrected chi connectivity index (χ4v) is 5.05. The highest BCUT2D eigenvalue weighted by Gasteiger charge is 2.23. The van der Waals surface area contributed by atoms with Gasteiger partial charge in [0.1, 0.15) is 0 Å². The van der Waals surface area contributed by atoms with Gasteiger partial charge >= 0.3 is 0 Å². The Hall–Kier alpha value is -1.93. The molecule has 8 heteroatoms. The monoisotopic (exact) mass is 423 g/mol. The number of rotatable bonds is 9. The van der Waals surface area contributed by atoms with Crippen LogP contribution in [0.3, 0.4) is 0 Å². The maximum atomic E-state index is 12.7. The molecular weight excluding hydrogens is 390 g/mol. The molecule has 162 valence electrons. The van der Waals surface area contributed by atoms with Crippen molar-refractivity contribution in [3.63, 3.8) is 0 Å². The summed E-state index contributed by atoms with van der Waals surface area (Å²) in [7, 11) is -3.61. The van der Waals surface area contributed by atoms with E-state index < -0.39 is 10.0 Å². The molecule has 0 radical (unpaired) electrons. The van der Waals surface area contributed by atoms with Gasteiger partial charge in [-0.25, -0.2) is 8.42 Å². The molecule has 0 atom stereocenters. The van der Waals surface area contributed by atoms with Gasteiger partial charge in [-0.3, -0.25) is 9.59 Å². The van der Waals surface area contributed by atoms with Crippen LogP contribution in [0, 0.1) is 6.92 Å². The van der Waals surface area contributed by atoms with Crippen LogP contribution in [-0.2, 0) is 14.8 Å². The molecule has 0 spiro atoms. The first-order valence-corrected chi connectivity index (χ1v) is 11.9. The van der Waals surface area contributed by atoms with E-state index in [-0.39, 0.29) is 16.7 Å². The van der Waals surface area contributed by atoms with Gasteiger partial charge in [-0.2, -0.15) is 4.31 Å². The van der Waals surface area contributed by atoms with Crippen molar-refractivity contribution < 1.29 is 18.0 Å². The minimum absolute atomic E-state index is 0.132. The molecule has 1 N–H and O–H groups in total. The molecule has 0 aliphatic carbocycles. The molecule has 29 heavy (non-hydrogen) atoms. The van der Waals surface area contributed by atoms with E-state index in [2.05, 4.69) is 5.32 Å². The minimum Gasteiger partial charge on any atom is -0.352 e. The minimum atomic E-state index is -3.61. The summed E-state index contributed by atoms with van der Waals surface area (Å²) in [5.74, 6) is -0.0970. The predicted molar refractivity (Wildman–Crippen MR) is 113 cm³/mol. The third kappa shape index (κ3) is 6.02. The van der Waals surface area contributed by atoms with Crippen molar-refractivity contribution in [2.24, 2.45) is 0 Å². The molecule has 7 nitrogen and oxygen atoms in total. The number of nitrogens with zero attached hydrogens (tertiary/aromatic N) is 2. The fourth-order valence-electron chi connectivity index (χ4n) is 3.56. The van der Waals surface area contributed by atoms with Crippen LogP contribution >= 0.6 is 0 Å². The van der Waals surface area contributed by atoms with Crippen LogP contribution < -0.4 is 5.32 Å². The summed E-state index contributed by atoms with van der Waals surface area (Å²) in [5.41, 5.74) is 1.09. The molecular formula is C21H33N3O4S. The number of carbonyl (C=O) groups is 2. The summed E-state index contributed by atoms with van der Waals surface area (Å²) in [6.45, 7) is 7.99. The van der Waals surface area contributed by atoms with E-state index in [1.54, 1.807) is 32.9 Å². The summed E-state index contributed by atoms with van der Waals surface area (Å²) in [6.07, 6.45) is 4.36. The number of aryl methyl sites for hydroxylation is 1. The topological polar surface area (TPSA) is 86.8 Å². The smallest absolute Gasteiger partial charge is 0.251 e. The van der Waals surface area contributed by atoms with Gasteiger partial charge in [0.15, 0.2) is 0 Å². The number of amides is 2. The number of carbonyl (C=O) groups excluding carboxylic acids is 2. The van der Waals surface area contributed by atoms with Crippen molar-refractivity contribution in [3.8, 4) is 0 Å². The van der Waals surface area contributed by atoms with E-state index in [0.717, 1.165) is 31.4 Å². The van der Waals surface area contributed by atoms with Gasteiger partial charge in [0.25, 0.3) is 5.91 Å². The Morgan fingerprint density at radius 1 is 1.17 bits per heavy atom. The standard InChI is InChI=1S/C21H33N3O4S/c1-4-24(5-2)29(27,28)18-12-11-17(3)19(16-18)21(26)22-13-9-15-23-14-8-6-7-10-20(23)25/h11-12,16H,4-10,13-15H2,1-3H3,(H,22,26). The predicted octanol–water partition coefficient (Wildman–Crippen LogP) is 2.55. The largest absolute Gasteiger partial charge is 0.352 e. The van der Waals surface area contributed by atoms with Crippen molar-refractivity contribution >= 4 is 21.8 Å². The first kappa shape index (κ1) is 23.3. The summed E-state index contributed by atoms with van der Waals surface area (Å²) in [6, 6.07) is 4.67. The first-order valence-electron chi connectivity index (χ1n) is 10.5. The Kier molecular flexibility index (Phi) is 8.64. The molecule has 0 aromatic heterocycles. The van der Waals surface area contributed by atoms with Gasteiger partial charge in [-0.15, -0.1) is 0 Å². The van der Waals surface area contributed by atoms with Gasteiger partial charge in [0.2, 0.25) is 15.9 Å². The van der Waals surface area contributed by atoms with E-state index in [9.17, 15) is 18.0 Å². The molecule has 1 heterocycles. The molecule has 0 unspecified atom stereocenters. The average Bonchev–Trinajstić information content (AvgIpc) is 2.90. The third-order valence-corrected chi connectivity index (χ3v) is 7.40. The maximum Gasteiger partial charge on any atom is 0.251 e. The normalized spacial score (nSPS) is 15.4. The fraction of sp³-hybridized carbons (Fsp3) is 0.619. The second-order valence-corrected chi connectivity index (χ2v) is 9.30. The zero-order valence-electron chi connectivity index (χ0n) is 17.7. The number of nitrogens with one attached hydrogen (secondary N) is 1. The van der Waals surface area contributed by atoms with Crippen LogP contribution in [0.4, 0.5) is 0 Å². The zero-order valence-corrected chi connectivity index (χ0v) is 18.6. The van der Waals surface area contributed by atoms with Crippen molar-refractivity contribution in [2.75, 3.05) is 32.7 Å².